The molecule has 62 valence electrons. The van der Waals surface area contributed by atoms with E-state index in [-0.39, 0.29) is 0 Å². The summed E-state index contributed by atoms with van der Waals surface area (Å²) in [4.78, 5) is 13.0. The van der Waals surface area contributed by atoms with Gasteiger partial charge in [-0.25, -0.2) is 0 Å². The van der Waals surface area contributed by atoms with Gasteiger partial charge in [0.25, 0.3) is 0 Å². The van der Waals surface area contributed by atoms with Crippen LogP contribution in [0, 0.1) is 0 Å². The summed E-state index contributed by atoms with van der Waals surface area (Å²) in [5, 5.41) is 0.978. The van der Waals surface area contributed by atoms with Gasteiger partial charge in [0.1, 0.15) is 0 Å². The molecule has 1 rings (SSSR count). The third kappa shape index (κ3) is 1.59. The quantitative estimate of drug-likeness (QED) is 0.614. The molecule has 1 unspecified atom stereocenters. The normalized spacial score (nSPS) is 23.6. The molecule has 1 atom stereocenters. The molecule has 0 N–H and O–H groups in total. The summed E-state index contributed by atoms with van der Waals surface area (Å²) in [6.45, 7) is 2.08. The van der Waals surface area contributed by atoms with Crippen molar-refractivity contribution in [3.05, 3.63) is 22.7 Å². The molecule has 0 saturated carbocycles. The van der Waals surface area contributed by atoms with Crippen molar-refractivity contribution >= 4 is 4.79 Å². The Bertz CT molecular complexity index is 280. The fraction of sp³-hybridized carbons (Fsp3) is 0.444. The van der Waals surface area contributed by atoms with E-state index in [2.05, 4.69) is 29.7 Å². The van der Waals surface area contributed by atoms with Crippen molar-refractivity contribution < 1.29 is 17.2 Å². The first-order chi connectivity index (χ1) is 5.23. The molecule has 1 nitrogen and oxygen atoms in total. The van der Waals surface area contributed by atoms with Crippen molar-refractivity contribution in [3.8, 4) is 0 Å². The van der Waals surface area contributed by atoms with Crippen LogP contribution in [0.5, 0.6) is 0 Å². The van der Waals surface area contributed by atoms with Crippen LogP contribution in [0.4, 0.5) is 0 Å². The zero-order valence-corrected chi connectivity index (χ0v) is 8.11. The molecule has 1 aliphatic rings. The third-order valence-corrected chi connectivity index (χ3v) is 6.28. The van der Waals surface area contributed by atoms with Crippen LogP contribution < -0.4 is 0 Å². The molecule has 0 amide bonds. The summed E-state index contributed by atoms with van der Waals surface area (Å²) in [5.74, 6) is 2.08. The average molecular weight is 192 g/mol. The van der Waals surface area contributed by atoms with E-state index in [0.29, 0.717) is 0 Å². The van der Waals surface area contributed by atoms with E-state index in [1.807, 2.05) is 6.08 Å². The number of carbonyl (C=O) groups excluding carboxylic acids is 1. The number of rotatable bonds is 2. The second-order valence-electron chi connectivity index (χ2n) is 2.60. The Morgan fingerprint density at radius 1 is 1.73 bits per heavy atom. The fourth-order valence-electron chi connectivity index (χ4n) is 1.01. The van der Waals surface area contributed by atoms with Gasteiger partial charge in [-0.1, -0.05) is 0 Å². The molecule has 0 aliphatic heterocycles. The molecule has 0 radical (unpaired) electrons. The van der Waals surface area contributed by atoms with E-state index in [1.54, 1.807) is 0 Å². The molecular formula is C9H13MnO. The zero-order valence-electron chi connectivity index (χ0n) is 6.93. The first-order valence-electron chi connectivity index (χ1n) is 3.65. The van der Waals surface area contributed by atoms with Gasteiger partial charge in [0.2, 0.25) is 0 Å². The second-order valence-corrected chi connectivity index (χ2v) is 7.58. The van der Waals surface area contributed by atoms with Gasteiger partial charge >= 0.3 is 69.2 Å². The van der Waals surface area contributed by atoms with E-state index in [1.165, 1.54) is 4.47 Å². The molecule has 2 heteroatoms. The van der Waals surface area contributed by atoms with Crippen molar-refractivity contribution in [1.82, 2.24) is 0 Å². The van der Waals surface area contributed by atoms with Gasteiger partial charge in [0.05, 0.1) is 0 Å². The third-order valence-electron chi connectivity index (χ3n) is 1.97. The van der Waals surface area contributed by atoms with Crippen LogP contribution in [0.25, 0.3) is 0 Å². The fourth-order valence-corrected chi connectivity index (χ4v) is 3.09. The number of hydrogen-bond donors (Lipinski definition) is 0. The Kier molecular flexibility index (Phi) is 2.62. The molecule has 0 fully saturated rings. The van der Waals surface area contributed by atoms with Crippen molar-refractivity contribution in [3.63, 3.8) is 0 Å². The number of allylic oxidation sites excluding steroid dienone is 4. The second kappa shape index (κ2) is 3.32. The number of hydrogen-bond acceptors (Lipinski definition) is 1. The summed E-state index contributed by atoms with van der Waals surface area (Å²) in [6.07, 6.45) is 7.20. The van der Waals surface area contributed by atoms with Crippen LogP contribution in [0.3, 0.4) is 0 Å². The van der Waals surface area contributed by atoms with Crippen LogP contribution in [0.2, 0.25) is 11.1 Å². The predicted octanol–water partition coefficient (Wildman–Crippen LogP) is 2.54. The topological polar surface area (TPSA) is 17.1 Å². The molecule has 0 saturated heterocycles. The van der Waals surface area contributed by atoms with Gasteiger partial charge in [-0.15, -0.1) is 0 Å². The van der Waals surface area contributed by atoms with Gasteiger partial charge in [-0.05, 0) is 0 Å². The SMILES string of the molecule is C[CH2][Mn]([CH3])(=[C]=O)[C]1=CC=CC1. The molecule has 0 aromatic carbocycles. The van der Waals surface area contributed by atoms with Crippen molar-refractivity contribution in [1.29, 1.82) is 0 Å². The van der Waals surface area contributed by atoms with Gasteiger partial charge in [-0.2, -0.15) is 0 Å². The van der Waals surface area contributed by atoms with Gasteiger partial charge in [0.15, 0.2) is 0 Å². The maximum atomic E-state index is 10.7. The molecule has 11 heavy (non-hydrogen) atoms. The van der Waals surface area contributed by atoms with Crippen LogP contribution in [0.1, 0.15) is 13.3 Å². The van der Waals surface area contributed by atoms with Crippen LogP contribution >= 0.6 is 0 Å². The van der Waals surface area contributed by atoms with E-state index in [4.69, 9.17) is 0 Å². The van der Waals surface area contributed by atoms with E-state index < -0.39 is 12.4 Å². The van der Waals surface area contributed by atoms with Gasteiger partial charge in [-0.3, -0.25) is 0 Å². The summed E-state index contributed by atoms with van der Waals surface area (Å²) in [5.41, 5.74) is 0. The molecule has 0 heterocycles. The van der Waals surface area contributed by atoms with Crippen LogP contribution in [-0.2, 0) is 17.2 Å². The van der Waals surface area contributed by atoms with Crippen molar-refractivity contribution in [2.75, 3.05) is 0 Å². The summed E-state index contributed by atoms with van der Waals surface area (Å²) in [6, 6.07) is 0. The molecular weight excluding hydrogens is 179 g/mol. The van der Waals surface area contributed by atoms with Crippen molar-refractivity contribution in [2.24, 2.45) is 0 Å². The molecule has 0 aromatic heterocycles. The van der Waals surface area contributed by atoms with Crippen molar-refractivity contribution in [2.45, 2.75) is 24.5 Å². The Labute approximate surface area is 69.6 Å². The van der Waals surface area contributed by atoms with E-state index in [0.717, 1.165) is 11.7 Å². The molecule has 0 spiro atoms. The van der Waals surface area contributed by atoms with Gasteiger partial charge < -0.3 is 0 Å². The molecule has 1 aliphatic carbocycles. The Balaban J connectivity index is 2.98. The summed E-state index contributed by atoms with van der Waals surface area (Å²) < 4.78 is 1.33. The first kappa shape index (κ1) is 8.67. The predicted molar refractivity (Wildman–Crippen MR) is 43.9 cm³/mol. The standard InChI is InChI=1S/C5H5.C2H5.CO.CH3.Mn/c1-2-4-5-3-1;2*1-2;;/h1-3H,4H2;1H2,2H3;;1H3;. The maximum absolute atomic E-state index is 10.7. The average Bonchev–Trinajstić information content (AvgIpc) is 2.55. The summed E-state index contributed by atoms with van der Waals surface area (Å²) >= 11 is -1.79. The van der Waals surface area contributed by atoms with Crippen LogP contribution in [-0.4, -0.2) is 4.79 Å². The minimum atomic E-state index is -1.79. The zero-order chi connectivity index (χ0) is 8.32. The Morgan fingerprint density at radius 3 is 2.82 bits per heavy atom. The van der Waals surface area contributed by atoms with Crippen LogP contribution in [0.15, 0.2) is 22.7 Å². The Morgan fingerprint density at radius 2 is 2.45 bits per heavy atom. The molecule has 0 bridgehead atoms. The monoisotopic (exact) mass is 192 g/mol. The van der Waals surface area contributed by atoms with E-state index in [9.17, 15) is 4.79 Å². The first-order valence-corrected chi connectivity index (χ1v) is 6.85. The Hall–Kier alpha value is -0.421. The molecule has 0 aromatic rings. The summed E-state index contributed by atoms with van der Waals surface area (Å²) in [7, 11) is 0. The minimum absolute atomic E-state index is 0.978. The van der Waals surface area contributed by atoms with E-state index >= 15 is 0 Å². The van der Waals surface area contributed by atoms with Gasteiger partial charge in [0, 0.05) is 0 Å².